The summed E-state index contributed by atoms with van der Waals surface area (Å²) in [5.41, 5.74) is 3.52. The molecule has 6 heteroatoms. The first-order valence-corrected chi connectivity index (χ1v) is 11.5. The summed E-state index contributed by atoms with van der Waals surface area (Å²) >= 11 is 0. The minimum atomic E-state index is -0.116. The molecule has 1 saturated carbocycles. The zero-order chi connectivity index (χ0) is 20.2. The number of fused-ring (bicyclic) bond motifs is 1. The van der Waals surface area contributed by atoms with Crippen LogP contribution in [0, 0.1) is 18.8 Å². The first kappa shape index (κ1) is 20.3. The molecule has 4 rings (SSSR count). The second kappa shape index (κ2) is 9.23. The van der Waals surface area contributed by atoms with Gasteiger partial charge < -0.3 is 10.2 Å². The predicted molar refractivity (Wildman–Crippen MR) is 111 cm³/mol. The lowest BCUT2D eigenvalue weighted by atomic mass is 9.87. The second-order valence-corrected chi connectivity index (χ2v) is 9.11. The number of likely N-dealkylation sites (tertiary alicyclic amines) is 1. The average Bonchev–Trinajstić information content (AvgIpc) is 2.74. The van der Waals surface area contributed by atoms with E-state index in [4.69, 9.17) is 4.98 Å². The highest BCUT2D eigenvalue weighted by Gasteiger charge is 2.31. The number of nitrogens with zero attached hydrogens (tertiary/aromatic N) is 3. The van der Waals surface area contributed by atoms with Gasteiger partial charge >= 0.3 is 0 Å². The molecule has 1 aromatic rings. The Kier molecular flexibility index (Phi) is 6.46. The molecule has 0 radical (unpaired) electrons. The Morgan fingerprint density at radius 2 is 1.83 bits per heavy atom. The molecule has 158 valence electrons. The smallest absolute Gasteiger partial charge is 0.225 e. The van der Waals surface area contributed by atoms with Gasteiger partial charge in [-0.15, -0.1) is 0 Å². The Labute approximate surface area is 173 Å². The van der Waals surface area contributed by atoms with Gasteiger partial charge in [-0.3, -0.25) is 9.59 Å². The van der Waals surface area contributed by atoms with Crippen LogP contribution < -0.4 is 5.32 Å². The molecule has 1 atom stereocenters. The zero-order valence-corrected chi connectivity index (χ0v) is 17.7. The largest absolute Gasteiger partial charge is 0.349 e. The number of carbonyl (C=O) groups is 2. The lowest BCUT2D eigenvalue weighted by Crippen LogP contribution is -2.47. The van der Waals surface area contributed by atoms with Gasteiger partial charge in [0.15, 0.2) is 0 Å². The Bertz CT molecular complexity index is 757. The molecule has 0 bridgehead atoms. The second-order valence-electron chi connectivity index (χ2n) is 9.11. The lowest BCUT2D eigenvalue weighted by molar-refractivity contribution is -0.139. The van der Waals surface area contributed by atoms with Crippen LogP contribution in [0.5, 0.6) is 0 Å². The van der Waals surface area contributed by atoms with E-state index in [0.29, 0.717) is 37.7 Å². The highest BCUT2D eigenvalue weighted by molar-refractivity contribution is 5.83. The SMILES string of the molecule is Cc1nc(CNC(=O)[C@H]2CCC(=O)N(CC3CCCCC3)C2)nc2c1CCCC2. The fourth-order valence-electron chi connectivity index (χ4n) is 5.22. The minimum absolute atomic E-state index is 0.0325. The van der Waals surface area contributed by atoms with Crippen molar-refractivity contribution in [3.05, 3.63) is 22.8 Å². The van der Waals surface area contributed by atoms with E-state index in [2.05, 4.69) is 10.3 Å². The van der Waals surface area contributed by atoms with Crippen molar-refractivity contribution in [2.24, 2.45) is 11.8 Å². The first-order chi connectivity index (χ1) is 14.1. The normalized spacial score (nSPS) is 23.0. The van der Waals surface area contributed by atoms with Gasteiger partial charge in [0.1, 0.15) is 5.82 Å². The van der Waals surface area contributed by atoms with Gasteiger partial charge in [0.25, 0.3) is 0 Å². The van der Waals surface area contributed by atoms with E-state index < -0.39 is 0 Å². The van der Waals surface area contributed by atoms with Crippen LogP contribution in [0.4, 0.5) is 0 Å². The summed E-state index contributed by atoms with van der Waals surface area (Å²) in [6.07, 6.45) is 11.9. The van der Waals surface area contributed by atoms with Crippen LogP contribution in [0.25, 0.3) is 0 Å². The maximum absolute atomic E-state index is 12.8. The molecule has 1 aromatic heterocycles. The van der Waals surface area contributed by atoms with Crippen molar-refractivity contribution >= 4 is 11.8 Å². The molecule has 6 nitrogen and oxygen atoms in total. The number of hydrogen-bond acceptors (Lipinski definition) is 4. The lowest BCUT2D eigenvalue weighted by Gasteiger charge is -2.35. The summed E-state index contributed by atoms with van der Waals surface area (Å²) in [6, 6.07) is 0. The molecule has 0 aromatic carbocycles. The highest BCUT2D eigenvalue weighted by atomic mass is 16.2. The van der Waals surface area contributed by atoms with Crippen molar-refractivity contribution in [1.29, 1.82) is 0 Å². The van der Waals surface area contributed by atoms with Crippen molar-refractivity contribution in [3.63, 3.8) is 0 Å². The number of nitrogens with one attached hydrogen (secondary N) is 1. The van der Waals surface area contributed by atoms with E-state index in [1.807, 2.05) is 11.8 Å². The summed E-state index contributed by atoms with van der Waals surface area (Å²) in [5.74, 6) is 1.46. The monoisotopic (exact) mass is 398 g/mol. The topological polar surface area (TPSA) is 75.2 Å². The molecular weight excluding hydrogens is 364 g/mol. The highest BCUT2D eigenvalue weighted by Crippen LogP contribution is 2.27. The summed E-state index contributed by atoms with van der Waals surface area (Å²) in [4.78, 5) is 36.4. The van der Waals surface area contributed by atoms with Gasteiger partial charge in [-0.05, 0) is 63.4 Å². The maximum atomic E-state index is 12.8. The Morgan fingerprint density at radius 3 is 2.66 bits per heavy atom. The van der Waals surface area contributed by atoms with E-state index >= 15 is 0 Å². The third kappa shape index (κ3) is 4.96. The van der Waals surface area contributed by atoms with E-state index in [9.17, 15) is 9.59 Å². The van der Waals surface area contributed by atoms with Gasteiger partial charge in [-0.25, -0.2) is 9.97 Å². The number of carbonyl (C=O) groups excluding carboxylic acids is 2. The Morgan fingerprint density at radius 1 is 1.03 bits per heavy atom. The fraction of sp³-hybridized carbons (Fsp3) is 0.739. The maximum Gasteiger partial charge on any atom is 0.225 e. The molecule has 1 aliphatic heterocycles. The summed E-state index contributed by atoms with van der Waals surface area (Å²) in [5, 5.41) is 3.04. The van der Waals surface area contributed by atoms with Crippen LogP contribution in [-0.4, -0.2) is 39.8 Å². The number of aryl methyl sites for hydroxylation is 2. The summed E-state index contributed by atoms with van der Waals surface area (Å²) in [6.45, 7) is 3.81. The van der Waals surface area contributed by atoms with Crippen molar-refractivity contribution in [3.8, 4) is 0 Å². The Hall–Kier alpha value is -1.98. The van der Waals surface area contributed by atoms with E-state index in [1.54, 1.807) is 0 Å². The number of amides is 2. The molecule has 2 aliphatic carbocycles. The van der Waals surface area contributed by atoms with Crippen LogP contribution >= 0.6 is 0 Å². The molecule has 2 heterocycles. The number of aromatic nitrogens is 2. The molecule has 0 spiro atoms. The van der Waals surface area contributed by atoms with E-state index in [-0.39, 0.29) is 17.7 Å². The minimum Gasteiger partial charge on any atom is -0.349 e. The molecule has 3 aliphatic rings. The average molecular weight is 399 g/mol. The van der Waals surface area contributed by atoms with E-state index in [1.165, 1.54) is 50.5 Å². The molecule has 1 N–H and O–H groups in total. The van der Waals surface area contributed by atoms with Gasteiger partial charge in [0.2, 0.25) is 11.8 Å². The standard InChI is InChI=1S/C23H34N4O2/c1-16-19-9-5-6-10-20(19)26-21(25-16)13-24-23(29)18-11-12-22(28)27(15-18)14-17-7-3-2-4-8-17/h17-18H,2-15H2,1H3,(H,24,29)/t18-/m0/s1. The molecular formula is C23H34N4O2. The van der Waals surface area contributed by atoms with Crippen LogP contribution in [-0.2, 0) is 29.0 Å². The molecule has 2 fully saturated rings. The summed E-state index contributed by atoms with van der Waals surface area (Å²) < 4.78 is 0. The molecule has 29 heavy (non-hydrogen) atoms. The number of hydrogen-bond donors (Lipinski definition) is 1. The number of rotatable bonds is 5. The predicted octanol–water partition coefficient (Wildman–Crippen LogP) is 3.10. The molecule has 1 saturated heterocycles. The van der Waals surface area contributed by atoms with Crippen LogP contribution in [0.3, 0.4) is 0 Å². The van der Waals surface area contributed by atoms with Crippen molar-refractivity contribution < 1.29 is 9.59 Å². The van der Waals surface area contributed by atoms with E-state index in [0.717, 1.165) is 30.8 Å². The molecule has 2 amide bonds. The van der Waals surface area contributed by atoms with Gasteiger partial charge in [0, 0.05) is 30.9 Å². The third-order valence-corrected chi connectivity index (χ3v) is 6.93. The fourth-order valence-corrected chi connectivity index (χ4v) is 5.22. The van der Waals surface area contributed by atoms with Crippen molar-refractivity contribution in [2.75, 3.05) is 13.1 Å². The van der Waals surface area contributed by atoms with Crippen molar-refractivity contribution in [1.82, 2.24) is 20.2 Å². The third-order valence-electron chi connectivity index (χ3n) is 6.93. The number of piperidine rings is 1. The van der Waals surface area contributed by atoms with Crippen LogP contribution in [0.2, 0.25) is 0 Å². The Balaban J connectivity index is 1.32. The van der Waals surface area contributed by atoms with Gasteiger partial charge in [-0.2, -0.15) is 0 Å². The van der Waals surface area contributed by atoms with Crippen LogP contribution in [0.1, 0.15) is 80.6 Å². The quantitative estimate of drug-likeness (QED) is 0.827. The van der Waals surface area contributed by atoms with Crippen molar-refractivity contribution in [2.45, 2.75) is 84.1 Å². The summed E-state index contributed by atoms with van der Waals surface area (Å²) in [7, 11) is 0. The van der Waals surface area contributed by atoms with Gasteiger partial charge in [-0.1, -0.05) is 19.3 Å². The first-order valence-electron chi connectivity index (χ1n) is 11.5. The molecule has 0 unspecified atom stereocenters. The zero-order valence-electron chi connectivity index (χ0n) is 17.7. The van der Waals surface area contributed by atoms with Crippen LogP contribution in [0.15, 0.2) is 0 Å². The van der Waals surface area contributed by atoms with Gasteiger partial charge in [0.05, 0.1) is 12.5 Å².